The van der Waals surface area contributed by atoms with Gasteiger partial charge in [-0.25, -0.2) is 0 Å². The zero-order chi connectivity index (χ0) is 13.9. The molecule has 1 heterocycles. The topological polar surface area (TPSA) is 34.4 Å². The van der Waals surface area contributed by atoms with Crippen LogP contribution in [0.1, 0.15) is 11.1 Å². The first kappa shape index (κ1) is 12.8. The second kappa shape index (κ2) is 5.39. The Morgan fingerprint density at radius 3 is 2.50 bits per heavy atom. The van der Waals surface area contributed by atoms with Gasteiger partial charge in [0, 0.05) is 29.2 Å². The van der Waals surface area contributed by atoms with Gasteiger partial charge in [0.2, 0.25) is 0 Å². The molecule has 1 N–H and O–H groups in total. The largest absolute Gasteiger partial charge is 0.497 e. The highest BCUT2D eigenvalue weighted by atomic mass is 16.5. The number of rotatable bonds is 4. The van der Waals surface area contributed by atoms with E-state index in [1.807, 2.05) is 36.5 Å². The van der Waals surface area contributed by atoms with Crippen LogP contribution in [0.25, 0.3) is 10.9 Å². The van der Waals surface area contributed by atoms with Gasteiger partial charge >= 0.3 is 0 Å². The minimum atomic E-state index is 0.0656. The highest BCUT2D eigenvalue weighted by Gasteiger charge is 2.07. The van der Waals surface area contributed by atoms with E-state index in [2.05, 4.69) is 22.8 Å². The molecule has 3 nitrogen and oxygen atoms in total. The first-order valence-corrected chi connectivity index (χ1v) is 6.62. The first-order valence-electron chi connectivity index (χ1n) is 6.62. The van der Waals surface area contributed by atoms with E-state index in [1.165, 1.54) is 5.56 Å². The van der Waals surface area contributed by atoms with Crippen LogP contribution in [0.2, 0.25) is 0 Å². The number of aromatic nitrogens is 1. The lowest BCUT2D eigenvalue weighted by atomic mass is 10.2. The van der Waals surface area contributed by atoms with Crippen molar-refractivity contribution in [3.8, 4) is 5.75 Å². The number of nitrogens with zero attached hydrogens (tertiary/aromatic N) is 1. The van der Waals surface area contributed by atoms with Crippen LogP contribution in [-0.4, -0.2) is 16.8 Å². The van der Waals surface area contributed by atoms with Gasteiger partial charge in [-0.1, -0.05) is 30.3 Å². The summed E-state index contributed by atoms with van der Waals surface area (Å²) >= 11 is 0. The lowest BCUT2D eigenvalue weighted by Gasteiger charge is -2.06. The minimum absolute atomic E-state index is 0.0656. The molecular formula is C17H17NO2. The van der Waals surface area contributed by atoms with Crippen LogP contribution >= 0.6 is 0 Å². The number of hydrogen-bond acceptors (Lipinski definition) is 2. The zero-order valence-corrected chi connectivity index (χ0v) is 11.4. The smallest absolute Gasteiger partial charge is 0.118 e. The molecule has 0 radical (unpaired) electrons. The molecule has 0 unspecified atom stereocenters. The van der Waals surface area contributed by atoms with Crippen LogP contribution in [0.5, 0.6) is 5.75 Å². The molecule has 20 heavy (non-hydrogen) atoms. The lowest BCUT2D eigenvalue weighted by Crippen LogP contribution is -1.97. The van der Waals surface area contributed by atoms with Gasteiger partial charge < -0.3 is 14.4 Å². The monoisotopic (exact) mass is 267 g/mol. The Labute approximate surface area is 118 Å². The Bertz CT molecular complexity index is 713. The molecule has 0 saturated carbocycles. The fourth-order valence-electron chi connectivity index (χ4n) is 2.51. The fraction of sp³-hybridized carbons (Fsp3) is 0.176. The quantitative estimate of drug-likeness (QED) is 0.787. The molecule has 0 saturated heterocycles. The molecule has 0 aliphatic heterocycles. The summed E-state index contributed by atoms with van der Waals surface area (Å²) in [6.07, 6.45) is 2.02. The van der Waals surface area contributed by atoms with Gasteiger partial charge in [-0.3, -0.25) is 0 Å². The van der Waals surface area contributed by atoms with Crippen molar-refractivity contribution in [2.75, 3.05) is 7.11 Å². The lowest BCUT2D eigenvalue weighted by molar-refractivity contribution is 0.283. The van der Waals surface area contributed by atoms with Crippen LogP contribution in [0.4, 0.5) is 0 Å². The predicted octanol–water partition coefficient (Wildman–Crippen LogP) is 3.19. The molecule has 0 bridgehead atoms. The Morgan fingerprint density at radius 1 is 1.05 bits per heavy atom. The Morgan fingerprint density at radius 2 is 1.80 bits per heavy atom. The van der Waals surface area contributed by atoms with E-state index in [0.29, 0.717) is 0 Å². The van der Waals surface area contributed by atoms with Gasteiger partial charge in [-0.15, -0.1) is 0 Å². The summed E-state index contributed by atoms with van der Waals surface area (Å²) in [5.41, 5.74) is 3.32. The molecule has 0 aliphatic rings. The van der Waals surface area contributed by atoms with Crippen LogP contribution in [-0.2, 0) is 13.2 Å². The minimum Gasteiger partial charge on any atom is -0.497 e. The van der Waals surface area contributed by atoms with Crippen LogP contribution in [0, 0.1) is 0 Å². The third kappa shape index (κ3) is 2.28. The molecule has 0 atom stereocenters. The summed E-state index contributed by atoms with van der Waals surface area (Å²) in [6.45, 7) is 0.848. The van der Waals surface area contributed by atoms with Gasteiger partial charge in [0.1, 0.15) is 5.75 Å². The number of aliphatic hydroxyl groups excluding tert-OH is 1. The standard InChI is InChI=1S/C17H17NO2/c1-20-15-8-6-13(7-9-15)10-18-11-14(12-19)16-4-2-3-5-17(16)18/h2-9,11,19H,10,12H2,1H3. The van der Waals surface area contributed by atoms with E-state index in [0.717, 1.165) is 28.8 Å². The molecule has 3 heteroatoms. The number of aliphatic hydroxyl groups is 1. The van der Waals surface area contributed by atoms with Gasteiger partial charge in [0.15, 0.2) is 0 Å². The van der Waals surface area contributed by atoms with Crippen molar-refractivity contribution in [1.29, 1.82) is 0 Å². The highest BCUT2D eigenvalue weighted by Crippen LogP contribution is 2.22. The van der Waals surface area contributed by atoms with E-state index in [-0.39, 0.29) is 6.61 Å². The summed E-state index contributed by atoms with van der Waals surface area (Å²) < 4.78 is 7.34. The fourth-order valence-corrected chi connectivity index (χ4v) is 2.51. The summed E-state index contributed by atoms with van der Waals surface area (Å²) in [7, 11) is 1.67. The van der Waals surface area contributed by atoms with Gasteiger partial charge in [0.25, 0.3) is 0 Å². The van der Waals surface area contributed by atoms with Crippen molar-refractivity contribution in [3.05, 3.63) is 65.9 Å². The van der Waals surface area contributed by atoms with Crippen molar-refractivity contribution >= 4 is 10.9 Å². The van der Waals surface area contributed by atoms with E-state index in [4.69, 9.17) is 4.74 Å². The third-order valence-corrected chi connectivity index (χ3v) is 3.55. The summed E-state index contributed by atoms with van der Waals surface area (Å²) in [6, 6.07) is 16.2. The van der Waals surface area contributed by atoms with E-state index < -0.39 is 0 Å². The maximum Gasteiger partial charge on any atom is 0.118 e. The highest BCUT2D eigenvalue weighted by molar-refractivity contribution is 5.83. The molecule has 1 aromatic heterocycles. The predicted molar refractivity (Wildman–Crippen MR) is 80.0 cm³/mol. The third-order valence-electron chi connectivity index (χ3n) is 3.55. The van der Waals surface area contributed by atoms with E-state index in [9.17, 15) is 5.11 Å². The Hall–Kier alpha value is -2.26. The number of para-hydroxylation sites is 1. The van der Waals surface area contributed by atoms with Crippen molar-refractivity contribution in [2.24, 2.45) is 0 Å². The number of ether oxygens (including phenoxy) is 1. The number of methoxy groups -OCH3 is 1. The first-order chi connectivity index (χ1) is 9.81. The summed E-state index contributed by atoms with van der Waals surface area (Å²) in [5.74, 6) is 0.863. The average Bonchev–Trinajstić information content (AvgIpc) is 2.86. The van der Waals surface area contributed by atoms with Crippen molar-refractivity contribution in [2.45, 2.75) is 13.2 Å². The van der Waals surface area contributed by atoms with Crippen molar-refractivity contribution in [3.63, 3.8) is 0 Å². The van der Waals surface area contributed by atoms with Gasteiger partial charge in [-0.05, 0) is 23.8 Å². The maximum absolute atomic E-state index is 9.45. The second-order valence-electron chi connectivity index (χ2n) is 4.81. The van der Waals surface area contributed by atoms with E-state index in [1.54, 1.807) is 7.11 Å². The summed E-state index contributed by atoms with van der Waals surface area (Å²) in [4.78, 5) is 0. The summed E-state index contributed by atoms with van der Waals surface area (Å²) in [5, 5.41) is 10.6. The Kier molecular flexibility index (Phi) is 3.44. The maximum atomic E-state index is 9.45. The Balaban J connectivity index is 1.97. The molecule has 0 spiro atoms. The zero-order valence-electron chi connectivity index (χ0n) is 11.4. The number of hydrogen-bond donors (Lipinski definition) is 1. The van der Waals surface area contributed by atoms with Crippen LogP contribution in [0.3, 0.4) is 0 Å². The molecule has 0 aliphatic carbocycles. The van der Waals surface area contributed by atoms with E-state index >= 15 is 0 Å². The molecule has 3 rings (SSSR count). The molecular weight excluding hydrogens is 250 g/mol. The number of benzene rings is 2. The van der Waals surface area contributed by atoms with Gasteiger partial charge in [0.05, 0.1) is 13.7 Å². The number of fused-ring (bicyclic) bond motifs is 1. The van der Waals surface area contributed by atoms with Gasteiger partial charge in [-0.2, -0.15) is 0 Å². The normalized spacial score (nSPS) is 10.9. The molecule has 0 amide bonds. The second-order valence-corrected chi connectivity index (χ2v) is 4.81. The van der Waals surface area contributed by atoms with Crippen LogP contribution < -0.4 is 4.74 Å². The van der Waals surface area contributed by atoms with Crippen molar-refractivity contribution in [1.82, 2.24) is 4.57 Å². The molecule has 3 aromatic rings. The van der Waals surface area contributed by atoms with Crippen LogP contribution in [0.15, 0.2) is 54.7 Å². The SMILES string of the molecule is COc1ccc(Cn2cc(CO)c3ccccc32)cc1. The molecule has 102 valence electrons. The van der Waals surface area contributed by atoms with Crippen molar-refractivity contribution < 1.29 is 9.84 Å². The molecule has 2 aromatic carbocycles. The average molecular weight is 267 g/mol. The molecule has 0 fully saturated rings.